The predicted molar refractivity (Wildman–Crippen MR) is 482 cm³/mol. The monoisotopic (exact) mass is 1660 g/mol. The molecule has 5 atom stereocenters. The molecular formula is C97H172O16P2. The van der Waals surface area contributed by atoms with Crippen molar-refractivity contribution in [3.63, 3.8) is 0 Å². The average Bonchev–Trinajstić information content (AvgIpc) is 0.892. The molecule has 18 heteroatoms. The van der Waals surface area contributed by atoms with Crippen molar-refractivity contribution < 1.29 is 75.8 Å². The number of phosphoric acid groups is 2. The first-order chi connectivity index (χ1) is 56.2. The zero-order valence-corrected chi connectivity index (χ0v) is 75.2. The number of esters is 3. The molecule has 0 fully saturated rings. The molecule has 5 unspecified atom stereocenters. The van der Waals surface area contributed by atoms with Gasteiger partial charge in [0.25, 0.3) is 0 Å². The van der Waals surface area contributed by atoms with Gasteiger partial charge in [0, 0.05) is 19.3 Å². The first-order valence-corrected chi connectivity index (χ1v) is 49.8. The Morgan fingerprint density at radius 3 is 0.722 bits per heavy atom. The second-order valence-electron chi connectivity index (χ2n) is 31.5. The van der Waals surface area contributed by atoms with E-state index in [1.807, 2.05) is 0 Å². The van der Waals surface area contributed by atoms with Crippen LogP contribution < -0.4 is 0 Å². The van der Waals surface area contributed by atoms with E-state index >= 15 is 0 Å². The lowest BCUT2D eigenvalue weighted by atomic mass is 10.0. The van der Waals surface area contributed by atoms with Crippen molar-refractivity contribution in [2.24, 2.45) is 0 Å². The highest BCUT2D eigenvalue weighted by Crippen LogP contribution is 2.45. The molecule has 0 aliphatic rings. The van der Waals surface area contributed by atoms with Crippen molar-refractivity contribution in [3.8, 4) is 0 Å². The maximum absolute atomic E-state index is 13.0. The van der Waals surface area contributed by atoms with Crippen LogP contribution in [-0.4, -0.2) is 95.9 Å². The largest absolute Gasteiger partial charge is 0.472 e. The second-order valence-corrected chi connectivity index (χ2v) is 34.4. The summed E-state index contributed by atoms with van der Waals surface area (Å²) in [5.74, 6) is -1.57. The Bertz CT molecular complexity index is 2570. The molecule has 0 aromatic rings. The van der Waals surface area contributed by atoms with Crippen LogP contribution in [0.5, 0.6) is 0 Å². The molecule has 16 nitrogen and oxygen atoms in total. The van der Waals surface area contributed by atoms with Crippen LogP contribution in [0, 0.1) is 0 Å². The Hall–Kier alpha value is -4.05. The molecular weight excluding hydrogens is 1480 g/mol. The van der Waals surface area contributed by atoms with Crippen LogP contribution in [-0.2, 0) is 55.8 Å². The standard InChI is InChI=1S/C97H172O16P2/c1-4-7-10-13-16-19-22-25-27-29-31-33-35-37-39-41-43-45-47-49-51-53-55-57-59-61-63-66-68-71-74-77-80-83-95(100)107-86-92(98)87-109-114(103,104)110-88-93(99)89-111-115(105,106)112-91-94(113-97(102)85-82-79-76-73-70-65-24-21-18-15-12-9-6-3)90-108-96(101)84-81-78-75-72-69-67-64-62-60-58-56-54-52-50-48-46-44-42-40-38-36-34-32-30-28-26-23-20-17-14-11-8-5-2/h12,15-17,19-21,24-28,31-34,37-40,92-94,98-99H,4-11,13-14,18,22-23,29-30,35-36,41-91H2,1-3H3,(H,103,104)(H,105,106)/b15-12-,19-16-,20-17-,24-21-,27-25-,28-26-,33-31-,34-32-,39-37-,40-38-. The summed E-state index contributed by atoms with van der Waals surface area (Å²) in [5, 5.41) is 20.7. The zero-order valence-electron chi connectivity index (χ0n) is 73.4. The summed E-state index contributed by atoms with van der Waals surface area (Å²) < 4.78 is 61.4. The van der Waals surface area contributed by atoms with Crippen molar-refractivity contribution in [2.75, 3.05) is 39.6 Å². The van der Waals surface area contributed by atoms with Gasteiger partial charge in [0.1, 0.15) is 25.4 Å². The van der Waals surface area contributed by atoms with Crippen molar-refractivity contribution in [1.29, 1.82) is 0 Å². The van der Waals surface area contributed by atoms with Gasteiger partial charge in [-0.25, -0.2) is 9.13 Å². The molecule has 0 rings (SSSR count). The smallest absolute Gasteiger partial charge is 0.463 e. The van der Waals surface area contributed by atoms with Gasteiger partial charge in [-0.2, -0.15) is 0 Å². The van der Waals surface area contributed by atoms with Gasteiger partial charge in [-0.1, -0.05) is 386 Å². The zero-order chi connectivity index (χ0) is 83.6. The van der Waals surface area contributed by atoms with Gasteiger partial charge in [0.05, 0.1) is 26.4 Å². The molecule has 4 N–H and O–H groups in total. The fourth-order valence-electron chi connectivity index (χ4n) is 13.0. The highest BCUT2D eigenvalue weighted by atomic mass is 31.2. The average molecular weight is 1660 g/mol. The number of aliphatic hydroxyl groups excluding tert-OH is 2. The summed E-state index contributed by atoms with van der Waals surface area (Å²) >= 11 is 0. The summed E-state index contributed by atoms with van der Waals surface area (Å²) in [7, 11) is -9.80. The lowest BCUT2D eigenvalue weighted by Gasteiger charge is -2.21. The van der Waals surface area contributed by atoms with Crippen LogP contribution in [0.15, 0.2) is 122 Å². The molecule has 0 aromatic carbocycles. The van der Waals surface area contributed by atoms with Crippen LogP contribution >= 0.6 is 15.6 Å². The van der Waals surface area contributed by atoms with Crippen LogP contribution in [0.1, 0.15) is 419 Å². The maximum atomic E-state index is 13.0. The Morgan fingerprint density at radius 2 is 0.452 bits per heavy atom. The fourth-order valence-corrected chi connectivity index (χ4v) is 14.6. The number of unbranched alkanes of at least 4 members (excludes halogenated alkanes) is 46. The number of carbonyl (C=O) groups excluding carboxylic acids is 3. The van der Waals surface area contributed by atoms with E-state index in [2.05, 4.69) is 142 Å². The number of carbonyl (C=O) groups is 3. The van der Waals surface area contributed by atoms with Crippen molar-refractivity contribution in [2.45, 2.75) is 437 Å². The van der Waals surface area contributed by atoms with E-state index in [4.69, 9.17) is 32.3 Å². The minimum atomic E-state index is -4.94. The van der Waals surface area contributed by atoms with Crippen LogP contribution in [0.3, 0.4) is 0 Å². The molecule has 115 heavy (non-hydrogen) atoms. The lowest BCUT2D eigenvalue weighted by Crippen LogP contribution is -2.30. The lowest BCUT2D eigenvalue weighted by molar-refractivity contribution is -0.161. The molecule has 0 aromatic heterocycles. The van der Waals surface area contributed by atoms with Gasteiger partial charge in [0.15, 0.2) is 6.10 Å². The normalized spacial score (nSPS) is 14.3. The molecule has 0 aliphatic heterocycles. The Balaban J connectivity index is 4.37. The van der Waals surface area contributed by atoms with Crippen LogP contribution in [0.25, 0.3) is 0 Å². The summed E-state index contributed by atoms with van der Waals surface area (Å²) in [6.45, 7) is 2.60. The van der Waals surface area contributed by atoms with Gasteiger partial charge >= 0.3 is 33.6 Å². The molecule has 0 aliphatic carbocycles. The van der Waals surface area contributed by atoms with Gasteiger partial charge in [0.2, 0.25) is 0 Å². The quantitative estimate of drug-likeness (QED) is 0.0146. The molecule has 0 amide bonds. The van der Waals surface area contributed by atoms with Crippen LogP contribution in [0.4, 0.5) is 0 Å². The number of aliphatic hydroxyl groups is 2. The molecule has 666 valence electrons. The predicted octanol–water partition coefficient (Wildman–Crippen LogP) is 28.8. The van der Waals surface area contributed by atoms with Crippen LogP contribution in [0.2, 0.25) is 0 Å². The van der Waals surface area contributed by atoms with E-state index in [0.717, 1.165) is 128 Å². The maximum Gasteiger partial charge on any atom is 0.472 e. The minimum Gasteiger partial charge on any atom is -0.463 e. The van der Waals surface area contributed by atoms with Gasteiger partial charge in [-0.05, 0) is 135 Å². The first-order valence-electron chi connectivity index (χ1n) is 46.8. The van der Waals surface area contributed by atoms with E-state index in [9.17, 15) is 43.5 Å². The topological polar surface area (TPSA) is 231 Å². The fraction of sp³-hybridized carbons (Fsp3) is 0.763. The molecule has 0 heterocycles. The Morgan fingerprint density at radius 1 is 0.243 bits per heavy atom. The van der Waals surface area contributed by atoms with E-state index in [1.165, 1.54) is 231 Å². The second kappa shape index (κ2) is 89.2. The SMILES string of the molecule is CCC/C=C\C/C=C\CCCCCCCC(=O)OC(COC(=O)CCCCCCCCCCCCCCCCCCC/C=C\C/C=C\C/C=C\C/C=C\CCCCC)COP(=O)(O)OCC(O)COP(=O)(O)OCC(O)COC(=O)CCCCCCCCCCCCCCCCCCC/C=C\C/C=C\C/C=C\C/C=C\CCCCC. The number of hydrogen-bond donors (Lipinski definition) is 4. The number of ether oxygens (including phenoxy) is 3. The molecule has 0 saturated carbocycles. The van der Waals surface area contributed by atoms with Gasteiger partial charge in [-0.15, -0.1) is 0 Å². The summed E-state index contributed by atoms with van der Waals surface area (Å²) in [4.78, 5) is 58.8. The third kappa shape index (κ3) is 90.6. The molecule has 0 saturated heterocycles. The van der Waals surface area contributed by atoms with Gasteiger partial charge in [-0.3, -0.25) is 32.5 Å². The van der Waals surface area contributed by atoms with E-state index in [0.29, 0.717) is 19.3 Å². The van der Waals surface area contributed by atoms with Crippen molar-refractivity contribution in [3.05, 3.63) is 122 Å². The number of phosphoric ester groups is 2. The highest BCUT2D eigenvalue weighted by molar-refractivity contribution is 7.47. The van der Waals surface area contributed by atoms with E-state index in [1.54, 1.807) is 0 Å². The van der Waals surface area contributed by atoms with Crippen molar-refractivity contribution >= 4 is 33.6 Å². The Kier molecular flexibility index (Phi) is 86.1. The number of hydrogen-bond acceptors (Lipinski definition) is 14. The third-order valence-corrected chi connectivity index (χ3v) is 22.0. The summed E-state index contributed by atoms with van der Waals surface area (Å²) in [6, 6.07) is 0. The molecule has 0 bridgehead atoms. The first kappa shape index (κ1) is 111. The van der Waals surface area contributed by atoms with E-state index in [-0.39, 0.29) is 19.3 Å². The van der Waals surface area contributed by atoms with Crippen molar-refractivity contribution in [1.82, 2.24) is 0 Å². The van der Waals surface area contributed by atoms with E-state index < -0.39 is 91.5 Å². The summed E-state index contributed by atoms with van der Waals surface area (Å²) in [5.41, 5.74) is 0. The van der Waals surface area contributed by atoms with Gasteiger partial charge < -0.3 is 34.2 Å². The Labute approximate surface area is 703 Å². The third-order valence-electron chi connectivity index (χ3n) is 20.1. The minimum absolute atomic E-state index is 0.0894. The number of allylic oxidation sites excluding steroid dienone is 20. The summed E-state index contributed by atoms with van der Waals surface area (Å²) in [6.07, 6.45) is 110. The number of rotatable bonds is 89. The highest BCUT2D eigenvalue weighted by Gasteiger charge is 2.30. The molecule has 0 spiro atoms. The molecule has 0 radical (unpaired) electrons.